The van der Waals surface area contributed by atoms with Gasteiger partial charge in [-0.2, -0.15) is 0 Å². The molecule has 0 bridgehead atoms. The van der Waals surface area contributed by atoms with E-state index in [2.05, 4.69) is 16.6 Å². The van der Waals surface area contributed by atoms with Crippen LogP contribution in [0.1, 0.15) is 30.0 Å². The number of anilines is 1. The molecule has 2 aromatic rings. The molecule has 1 heterocycles. The van der Waals surface area contributed by atoms with E-state index in [0.29, 0.717) is 11.3 Å². The van der Waals surface area contributed by atoms with Crippen LogP contribution < -0.4 is 10.6 Å². The Kier molecular flexibility index (Phi) is 6.99. The number of hydrogen-bond acceptors (Lipinski definition) is 4. The number of rotatable bonds is 7. The van der Waals surface area contributed by atoms with Gasteiger partial charge in [-0.3, -0.25) is 14.4 Å². The zero-order valence-corrected chi connectivity index (χ0v) is 16.1. The summed E-state index contributed by atoms with van der Waals surface area (Å²) in [6, 6.07) is 9.17. The second-order valence-electron chi connectivity index (χ2n) is 6.64. The normalized spacial score (nSPS) is 11.4. The van der Waals surface area contributed by atoms with Crippen molar-refractivity contribution in [3.05, 3.63) is 54.0 Å². The number of furan rings is 1. The molecular weight excluding hydrogens is 358 g/mol. The molecule has 2 N–H and O–H groups in total. The molecule has 1 atom stereocenters. The summed E-state index contributed by atoms with van der Waals surface area (Å²) in [5.41, 5.74) is 1.19. The quantitative estimate of drug-likeness (QED) is 0.719. The zero-order chi connectivity index (χ0) is 20.7. The van der Waals surface area contributed by atoms with Crippen molar-refractivity contribution in [1.82, 2.24) is 10.2 Å². The first-order valence-electron chi connectivity index (χ1n) is 8.77. The highest BCUT2D eigenvalue weighted by atomic mass is 16.3. The maximum Gasteiger partial charge on any atom is 0.287 e. The predicted molar refractivity (Wildman–Crippen MR) is 105 cm³/mol. The van der Waals surface area contributed by atoms with E-state index in [1.54, 1.807) is 30.3 Å². The van der Waals surface area contributed by atoms with E-state index in [1.807, 2.05) is 13.8 Å². The summed E-state index contributed by atoms with van der Waals surface area (Å²) in [5.74, 6) is 1.21. The average Bonchev–Trinajstić information content (AvgIpc) is 3.20. The first-order chi connectivity index (χ1) is 13.3. The molecule has 0 aliphatic rings. The first-order valence-corrected chi connectivity index (χ1v) is 8.77. The van der Waals surface area contributed by atoms with Crippen LogP contribution in [0, 0.1) is 18.3 Å². The Hall–Kier alpha value is -3.53. The lowest BCUT2D eigenvalue weighted by molar-refractivity contribution is -0.135. The Labute approximate surface area is 164 Å². The summed E-state index contributed by atoms with van der Waals surface area (Å²) in [5, 5.41) is 5.36. The fraction of sp³-hybridized carbons (Fsp3) is 0.286. The van der Waals surface area contributed by atoms with Gasteiger partial charge in [0.1, 0.15) is 6.04 Å². The number of carbonyl (C=O) groups is 3. The molecule has 146 valence electrons. The molecule has 7 nitrogen and oxygen atoms in total. The van der Waals surface area contributed by atoms with Crippen LogP contribution in [0.2, 0.25) is 0 Å². The van der Waals surface area contributed by atoms with Crippen molar-refractivity contribution in [3.8, 4) is 12.3 Å². The van der Waals surface area contributed by atoms with Crippen molar-refractivity contribution < 1.29 is 18.8 Å². The van der Waals surface area contributed by atoms with Crippen LogP contribution in [0.3, 0.4) is 0 Å². The molecule has 0 aliphatic heterocycles. The largest absolute Gasteiger partial charge is 0.459 e. The number of terminal acetylenes is 1. The molecular formula is C21H23N3O4. The molecule has 0 saturated carbocycles. The maximum atomic E-state index is 12.8. The van der Waals surface area contributed by atoms with Crippen LogP contribution in [0.25, 0.3) is 0 Å². The molecule has 0 aliphatic carbocycles. The standard InChI is InChI=1S/C21H23N3O4/c1-5-15-8-6-9-16(12-15)22-18(25)13-24(4)21(27)19(14(2)3)23-20(26)17-10-7-11-28-17/h1,6-12,14,19H,13H2,2-4H3,(H,22,25)(H,23,26). The molecule has 1 aromatic carbocycles. The number of hydrogen-bond donors (Lipinski definition) is 2. The molecule has 1 aromatic heterocycles. The third kappa shape index (κ3) is 5.48. The Morgan fingerprint density at radius 3 is 2.57 bits per heavy atom. The molecule has 0 radical (unpaired) electrons. The monoisotopic (exact) mass is 381 g/mol. The third-order valence-corrected chi connectivity index (χ3v) is 4.03. The summed E-state index contributed by atoms with van der Waals surface area (Å²) in [6.07, 6.45) is 6.73. The highest BCUT2D eigenvalue weighted by Crippen LogP contribution is 2.11. The SMILES string of the molecule is C#Cc1cccc(NC(=O)CN(C)C(=O)C(NC(=O)c2ccco2)C(C)C)c1. The Morgan fingerprint density at radius 2 is 1.96 bits per heavy atom. The highest BCUT2D eigenvalue weighted by molar-refractivity contribution is 5.98. The number of carbonyl (C=O) groups excluding carboxylic acids is 3. The molecule has 0 fully saturated rings. The van der Waals surface area contributed by atoms with Gasteiger partial charge in [-0.15, -0.1) is 6.42 Å². The third-order valence-electron chi connectivity index (χ3n) is 4.03. The number of likely N-dealkylation sites (N-methyl/N-ethyl adjacent to an activating group) is 1. The summed E-state index contributed by atoms with van der Waals surface area (Å²) in [6.45, 7) is 3.45. The van der Waals surface area contributed by atoms with Crippen molar-refractivity contribution in [2.45, 2.75) is 19.9 Å². The van der Waals surface area contributed by atoms with Gasteiger partial charge in [0, 0.05) is 18.3 Å². The van der Waals surface area contributed by atoms with Gasteiger partial charge in [-0.05, 0) is 36.2 Å². The second-order valence-corrected chi connectivity index (χ2v) is 6.64. The van der Waals surface area contributed by atoms with Gasteiger partial charge in [-0.1, -0.05) is 25.8 Å². The van der Waals surface area contributed by atoms with E-state index >= 15 is 0 Å². The van der Waals surface area contributed by atoms with Crippen LogP contribution >= 0.6 is 0 Å². The maximum absolute atomic E-state index is 12.8. The predicted octanol–water partition coefficient (Wildman–Crippen LogP) is 2.11. The molecule has 1 unspecified atom stereocenters. The summed E-state index contributed by atoms with van der Waals surface area (Å²) >= 11 is 0. The molecule has 0 saturated heterocycles. The van der Waals surface area contributed by atoms with E-state index in [1.165, 1.54) is 24.3 Å². The Morgan fingerprint density at radius 1 is 1.21 bits per heavy atom. The highest BCUT2D eigenvalue weighted by Gasteiger charge is 2.28. The average molecular weight is 381 g/mol. The van der Waals surface area contributed by atoms with E-state index in [4.69, 9.17) is 10.8 Å². The minimum absolute atomic E-state index is 0.118. The Balaban J connectivity index is 1.98. The minimum atomic E-state index is -0.792. The van der Waals surface area contributed by atoms with Gasteiger partial charge in [0.15, 0.2) is 5.76 Å². The zero-order valence-electron chi connectivity index (χ0n) is 16.1. The lowest BCUT2D eigenvalue weighted by Crippen LogP contribution is -2.51. The van der Waals surface area contributed by atoms with Crippen molar-refractivity contribution in [2.75, 3.05) is 18.9 Å². The van der Waals surface area contributed by atoms with E-state index < -0.39 is 11.9 Å². The number of benzene rings is 1. The van der Waals surface area contributed by atoms with Gasteiger partial charge in [0.2, 0.25) is 11.8 Å². The van der Waals surface area contributed by atoms with Crippen LogP contribution in [0.15, 0.2) is 47.1 Å². The van der Waals surface area contributed by atoms with Crippen LogP contribution in [0.4, 0.5) is 5.69 Å². The topological polar surface area (TPSA) is 91.7 Å². The van der Waals surface area contributed by atoms with Gasteiger partial charge >= 0.3 is 0 Å². The van der Waals surface area contributed by atoms with E-state index in [9.17, 15) is 14.4 Å². The van der Waals surface area contributed by atoms with Crippen molar-refractivity contribution in [1.29, 1.82) is 0 Å². The molecule has 2 rings (SSSR count). The number of nitrogens with one attached hydrogen (secondary N) is 2. The van der Waals surface area contributed by atoms with Crippen molar-refractivity contribution in [3.63, 3.8) is 0 Å². The number of nitrogens with zero attached hydrogens (tertiary/aromatic N) is 1. The van der Waals surface area contributed by atoms with Crippen LogP contribution in [-0.2, 0) is 9.59 Å². The van der Waals surface area contributed by atoms with Crippen LogP contribution in [0.5, 0.6) is 0 Å². The smallest absolute Gasteiger partial charge is 0.287 e. The van der Waals surface area contributed by atoms with Gasteiger partial charge in [-0.25, -0.2) is 0 Å². The summed E-state index contributed by atoms with van der Waals surface area (Å²) in [4.78, 5) is 38.5. The first kappa shape index (κ1) is 20.8. The minimum Gasteiger partial charge on any atom is -0.459 e. The molecule has 0 spiro atoms. The second kappa shape index (κ2) is 9.42. The Bertz CT molecular complexity index is 881. The van der Waals surface area contributed by atoms with Gasteiger partial charge < -0.3 is 20.0 Å². The fourth-order valence-corrected chi connectivity index (χ4v) is 2.55. The van der Waals surface area contributed by atoms with E-state index in [0.717, 1.165) is 0 Å². The molecule has 7 heteroatoms. The van der Waals surface area contributed by atoms with Gasteiger partial charge in [0.05, 0.1) is 12.8 Å². The molecule has 3 amide bonds. The van der Waals surface area contributed by atoms with Crippen molar-refractivity contribution >= 4 is 23.4 Å². The lowest BCUT2D eigenvalue weighted by atomic mass is 10.0. The number of amides is 3. The molecule has 28 heavy (non-hydrogen) atoms. The van der Waals surface area contributed by atoms with Crippen LogP contribution in [-0.4, -0.2) is 42.3 Å². The van der Waals surface area contributed by atoms with Gasteiger partial charge in [0.25, 0.3) is 5.91 Å². The van der Waals surface area contributed by atoms with E-state index in [-0.39, 0.29) is 30.0 Å². The summed E-state index contributed by atoms with van der Waals surface area (Å²) in [7, 11) is 1.51. The lowest BCUT2D eigenvalue weighted by Gasteiger charge is -2.26. The summed E-state index contributed by atoms with van der Waals surface area (Å²) < 4.78 is 5.05. The van der Waals surface area contributed by atoms with Crippen molar-refractivity contribution in [2.24, 2.45) is 5.92 Å². The fourth-order valence-electron chi connectivity index (χ4n) is 2.55.